The normalized spacial score (nSPS) is 11.7. The van der Waals surface area contributed by atoms with Crippen LogP contribution in [0.2, 0.25) is 5.02 Å². The summed E-state index contributed by atoms with van der Waals surface area (Å²) < 4.78 is 5.97. The van der Waals surface area contributed by atoms with Gasteiger partial charge in [0.25, 0.3) is 0 Å². The van der Waals surface area contributed by atoms with Crippen LogP contribution in [0.1, 0.15) is 11.3 Å². The Labute approximate surface area is 145 Å². The molecular formula is C19H16ClNOS. The number of benzene rings is 2. The first-order chi connectivity index (χ1) is 11.2. The molecule has 1 heterocycles. The SMILES string of the molecule is CSC(=Nc1cccc(C)c1)c1ccc(-c2ccc(Cl)cc2)o1. The molecule has 0 saturated carbocycles. The van der Waals surface area contributed by atoms with Crippen molar-refractivity contribution in [2.45, 2.75) is 6.92 Å². The minimum absolute atomic E-state index is 0.714. The maximum atomic E-state index is 5.97. The molecule has 0 amide bonds. The molecule has 2 aromatic carbocycles. The number of furan rings is 1. The van der Waals surface area contributed by atoms with Gasteiger partial charge in [-0.05, 0) is 67.3 Å². The van der Waals surface area contributed by atoms with Crippen LogP contribution < -0.4 is 0 Å². The van der Waals surface area contributed by atoms with E-state index in [4.69, 9.17) is 21.0 Å². The van der Waals surface area contributed by atoms with Crippen molar-refractivity contribution >= 4 is 34.1 Å². The molecule has 3 aromatic rings. The molecule has 0 bridgehead atoms. The van der Waals surface area contributed by atoms with Crippen LogP contribution in [-0.2, 0) is 0 Å². The molecule has 0 radical (unpaired) electrons. The highest BCUT2D eigenvalue weighted by molar-refractivity contribution is 8.13. The zero-order valence-corrected chi connectivity index (χ0v) is 14.5. The fourth-order valence-corrected chi connectivity index (χ4v) is 2.87. The summed E-state index contributed by atoms with van der Waals surface area (Å²) in [6, 6.07) is 19.6. The van der Waals surface area contributed by atoms with E-state index >= 15 is 0 Å². The highest BCUT2D eigenvalue weighted by atomic mass is 35.5. The van der Waals surface area contributed by atoms with Gasteiger partial charge in [-0.15, -0.1) is 11.8 Å². The summed E-state index contributed by atoms with van der Waals surface area (Å²) in [6.07, 6.45) is 2.00. The monoisotopic (exact) mass is 341 g/mol. The highest BCUT2D eigenvalue weighted by Gasteiger charge is 2.10. The molecule has 3 rings (SSSR count). The summed E-state index contributed by atoms with van der Waals surface area (Å²) in [6.45, 7) is 2.06. The summed E-state index contributed by atoms with van der Waals surface area (Å²) in [7, 11) is 0. The van der Waals surface area contributed by atoms with Crippen molar-refractivity contribution in [1.82, 2.24) is 0 Å². The summed E-state index contributed by atoms with van der Waals surface area (Å²) in [5.74, 6) is 1.58. The van der Waals surface area contributed by atoms with Crippen LogP contribution in [0.15, 0.2) is 70.1 Å². The van der Waals surface area contributed by atoms with Crippen LogP contribution in [0, 0.1) is 6.92 Å². The number of aliphatic imine (C=N–C) groups is 1. The molecule has 0 aliphatic heterocycles. The quantitative estimate of drug-likeness (QED) is 0.409. The fraction of sp³-hybridized carbons (Fsp3) is 0.105. The lowest BCUT2D eigenvalue weighted by Gasteiger charge is -2.02. The van der Waals surface area contributed by atoms with E-state index in [9.17, 15) is 0 Å². The van der Waals surface area contributed by atoms with E-state index < -0.39 is 0 Å². The largest absolute Gasteiger partial charge is 0.454 e. The van der Waals surface area contributed by atoms with Crippen molar-refractivity contribution in [1.29, 1.82) is 0 Å². The predicted molar refractivity (Wildman–Crippen MR) is 100 cm³/mol. The highest BCUT2D eigenvalue weighted by Crippen LogP contribution is 2.27. The third-order valence-corrected chi connectivity index (χ3v) is 4.30. The van der Waals surface area contributed by atoms with Crippen molar-refractivity contribution in [3.8, 4) is 11.3 Å². The molecule has 23 heavy (non-hydrogen) atoms. The lowest BCUT2D eigenvalue weighted by Crippen LogP contribution is -1.91. The maximum Gasteiger partial charge on any atom is 0.159 e. The lowest BCUT2D eigenvalue weighted by molar-refractivity contribution is 0.574. The molecule has 0 N–H and O–H groups in total. The standard InChI is InChI=1S/C19H16ClNOS/c1-13-4-3-5-16(12-13)21-19(23-2)18-11-10-17(22-18)14-6-8-15(20)9-7-14/h3-12H,1-2H3. The molecular weight excluding hydrogens is 326 g/mol. The number of aryl methyl sites for hydroxylation is 1. The van der Waals surface area contributed by atoms with Crippen LogP contribution >= 0.6 is 23.4 Å². The molecule has 0 aliphatic rings. The summed E-state index contributed by atoms with van der Waals surface area (Å²) in [5.41, 5.74) is 3.11. The average molecular weight is 342 g/mol. The van der Waals surface area contributed by atoms with E-state index in [0.29, 0.717) is 5.02 Å². The van der Waals surface area contributed by atoms with Gasteiger partial charge in [0.2, 0.25) is 0 Å². The molecule has 0 atom stereocenters. The molecule has 116 valence electrons. The Bertz CT molecular complexity index is 837. The number of hydrogen-bond donors (Lipinski definition) is 0. The van der Waals surface area contributed by atoms with Crippen molar-refractivity contribution in [2.75, 3.05) is 6.26 Å². The first-order valence-electron chi connectivity index (χ1n) is 7.21. The molecule has 2 nitrogen and oxygen atoms in total. The first kappa shape index (κ1) is 15.9. The zero-order chi connectivity index (χ0) is 16.2. The molecule has 0 unspecified atom stereocenters. The van der Waals surface area contributed by atoms with Gasteiger partial charge in [0.15, 0.2) is 5.76 Å². The van der Waals surface area contributed by atoms with E-state index in [0.717, 1.165) is 27.8 Å². The minimum Gasteiger partial charge on any atom is -0.454 e. The lowest BCUT2D eigenvalue weighted by atomic mass is 10.2. The van der Waals surface area contributed by atoms with Gasteiger partial charge in [0.1, 0.15) is 10.8 Å². The van der Waals surface area contributed by atoms with Gasteiger partial charge in [0.05, 0.1) is 5.69 Å². The number of thioether (sulfide) groups is 1. The van der Waals surface area contributed by atoms with E-state index in [1.807, 2.05) is 54.8 Å². The van der Waals surface area contributed by atoms with Gasteiger partial charge in [-0.3, -0.25) is 0 Å². The summed E-state index contributed by atoms with van der Waals surface area (Å²) in [4.78, 5) is 4.69. The molecule has 0 fully saturated rings. The van der Waals surface area contributed by atoms with Gasteiger partial charge in [-0.1, -0.05) is 23.7 Å². The Morgan fingerprint density at radius 2 is 1.83 bits per heavy atom. The van der Waals surface area contributed by atoms with Crippen molar-refractivity contribution in [3.05, 3.63) is 77.0 Å². The molecule has 0 aliphatic carbocycles. The van der Waals surface area contributed by atoms with Gasteiger partial charge in [0, 0.05) is 10.6 Å². The van der Waals surface area contributed by atoms with Crippen molar-refractivity contribution in [3.63, 3.8) is 0 Å². The van der Waals surface area contributed by atoms with Crippen LogP contribution in [0.3, 0.4) is 0 Å². The van der Waals surface area contributed by atoms with Gasteiger partial charge in [-0.2, -0.15) is 0 Å². The van der Waals surface area contributed by atoms with Crippen molar-refractivity contribution < 1.29 is 4.42 Å². The second-order valence-electron chi connectivity index (χ2n) is 5.13. The van der Waals surface area contributed by atoms with Crippen LogP contribution in [-0.4, -0.2) is 11.3 Å². The van der Waals surface area contributed by atoms with E-state index in [1.165, 1.54) is 5.56 Å². The van der Waals surface area contributed by atoms with Crippen LogP contribution in [0.5, 0.6) is 0 Å². The number of rotatable bonds is 3. The Kier molecular flexibility index (Phi) is 4.89. The van der Waals surface area contributed by atoms with Gasteiger partial charge >= 0.3 is 0 Å². The fourth-order valence-electron chi connectivity index (χ4n) is 2.24. The van der Waals surface area contributed by atoms with E-state index in [-0.39, 0.29) is 0 Å². The Morgan fingerprint density at radius 1 is 1.04 bits per heavy atom. The number of halogens is 1. The van der Waals surface area contributed by atoms with Gasteiger partial charge in [-0.25, -0.2) is 4.99 Å². The number of hydrogen-bond acceptors (Lipinski definition) is 3. The second kappa shape index (κ2) is 7.07. The average Bonchev–Trinajstić information content (AvgIpc) is 3.03. The third-order valence-electron chi connectivity index (χ3n) is 3.37. The Hall–Kier alpha value is -1.97. The second-order valence-corrected chi connectivity index (χ2v) is 6.36. The zero-order valence-electron chi connectivity index (χ0n) is 12.9. The molecule has 1 aromatic heterocycles. The predicted octanol–water partition coefficient (Wildman–Crippen LogP) is 6.35. The first-order valence-corrected chi connectivity index (χ1v) is 8.81. The van der Waals surface area contributed by atoms with E-state index in [2.05, 4.69) is 19.1 Å². The van der Waals surface area contributed by atoms with Crippen molar-refractivity contribution in [2.24, 2.45) is 4.99 Å². The van der Waals surface area contributed by atoms with E-state index in [1.54, 1.807) is 11.8 Å². The van der Waals surface area contributed by atoms with Crippen LogP contribution in [0.25, 0.3) is 11.3 Å². The topological polar surface area (TPSA) is 25.5 Å². The minimum atomic E-state index is 0.714. The molecule has 0 spiro atoms. The smallest absolute Gasteiger partial charge is 0.159 e. The Morgan fingerprint density at radius 3 is 2.52 bits per heavy atom. The third kappa shape index (κ3) is 3.87. The molecule has 4 heteroatoms. The number of nitrogens with zero attached hydrogens (tertiary/aromatic N) is 1. The van der Waals surface area contributed by atoms with Gasteiger partial charge < -0.3 is 4.42 Å². The Balaban J connectivity index is 1.92. The summed E-state index contributed by atoms with van der Waals surface area (Å²) in [5, 5.41) is 1.57. The molecule has 0 saturated heterocycles. The van der Waals surface area contributed by atoms with Crippen LogP contribution in [0.4, 0.5) is 5.69 Å². The maximum absolute atomic E-state index is 5.97. The summed E-state index contributed by atoms with van der Waals surface area (Å²) >= 11 is 7.50.